The quantitative estimate of drug-likeness (QED) is 0.483. The maximum Gasteiger partial charge on any atom is 0.417 e. The minimum Gasteiger partial charge on any atom is -0.383 e. The number of nitrogens with two attached hydrogens (primary N) is 1. The SMILES string of the molecule is Cc1cc2nc(N)c3cnn(C)c3c2cc1C(=O)N1CCC(=O)N1c1ccc(C(F)(F)F)cn1. The maximum absolute atomic E-state index is 13.5. The first-order chi connectivity index (χ1) is 16.1. The minimum atomic E-state index is -4.56. The number of nitrogen functional groups attached to an aromatic ring is 1. The summed E-state index contributed by atoms with van der Waals surface area (Å²) in [5, 5.41) is 7.74. The second kappa shape index (κ2) is 7.40. The predicted molar refractivity (Wildman–Crippen MR) is 118 cm³/mol. The number of alkyl halides is 3. The van der Waals surface area contributed by atoms with Crippen LogP contribution in [0.3, 0.4) is 0 Å². The summed E-state index contributed by atoms with van der Waals surface area (Å²) in [5.74, 6) is -0.675. The summed E-state index contributed by atoms with van der Waals surface area (Å²) >= 11 is 0. The summed E-state index contributed by atoms with van der Waals surface area (Å²) in [6.45, 7) is 1.80. The summed E-state index contributed by atoms with van der Waals surface area (Å²) in [5.41, 5.74) is 7.32. The lowest BCUT2D eigenvalue weighted by atomic mass is 10.0. The lowest BCUT2D eigenvalue weighted by molar-refractivity contribution is -0.137. The lowest BCUT2D eigenvalue weighted by Crippen LogP contribution is -2.44. The first kappa shape index (κ1) is 21.6. The Balaban J connectivity index is 1.58. The molecule has 1 saturated heterocycles. The van der Waals surface area contributed by atoms with E-state index in [4.69, 9.17) is 5.73 Å². The molecule has 1 aliphatic heterocycles. The molecule has 2 N–H and O–H groups in total. The van der Waals surface area contributed by atoms with Crippen LogP contribution in [0.4, 0.5) is 24.8 Å². The van der Waals surface area contributed by atoms with Gasteiger partial charge in [0, 0.05) is 30.6 Å². The molecular weight excluding hydrogens is 451 g/mol. The summed E-state index contributed by atoms with van der Waals surface area (Å²) in [4.78, 5) is 34.3. The smallest absolute Gasteiger partial charge is 0.383 e. The number of hydrogen-bond acceptors (Lipinski definition) is 6. The van der Waals surface area contributed by atoms with E-state index >= 15 is 0 Å². The second-order valence-corrected chi connectivity index (χ2v) is 8.00. The van der Waals surface area contributed by atoms with Crippen LogP contribution in [0.25, 0.3) is 21.8 Å². The molecule has 1 aromatic carbocycles. The third kappa shape index (κ3) is 3.29. The van der Waals surface area contributed by atoms with E-state index in [9.17, 15) is 22.8 Å². The van der Waals surface area contributed by atoms with E-state index in [-0.39, 0.29) is 18.8 Å². The number of hydrogen-bond donors (Lipinski definition) is 1. The van der Waals surface area contributed by atoms with Crippen LogP contribution in [-0.2, 0) is 18.0 Å². The molecule has 34 heavy (non-hydrogen) atoms. The molecule has 4 aromatic rings. The lowest BCUT2D eigenvalue weighted by Gasteiger charge is -2.27. The van der Waals surface area contributed by atoms with Crippen LogP contribution in [0.5, 0.6) is 0 Å². The number of halogens is 3. The van der Waals surface area contributed by atoms with Crippen LogP contribution in [0.2, 0.25) is 0 Å². The average Bonchev–Trinajstić information content (AvgIpc) is 3.36. The Bertz CT molecular complexity index is 1480. The number of fused-ring (bicyclic) bond motifs is 3. The summed E-state index contributed by atoms with van der Waals surface area (Å²) in [7, 11) is 1.75. The zero-order valence-corrected chi connectivity index (χ0v) is 18.1. The zero-order chi connectivity index (χ0) is 24.4. The number of hydrazine groups is 1. The van der Waals surface area contributed by atoms with E-state index in [1.54, 1.807) is 37.0 Å². The Labute approximate surface area is 190 Å². The van der Waals surface area contributed by atoms with E-state index < -0.39 is 23.6 Å². The Hall–Kier alpha value is -4.22. The van der Waals surface area contributed by atoms with Gasteiger partial charge in [0.2, 0.25) is 5.91 Å². The fraction of sp³-hybridized carbons (Fsp3) is 0.227. The van der Waals surface area contributed by atoms with Crippen molar-refractivity contribution in [3.8, 4) is 0 Å². The normalized spacial score (nSPS) is 14.6. The van der Waals surface area contributed by atoms with Crippen molar-refractivity contribution < 1.29 is 22.8 Å². The molecular formula is C22H18F3N7O2. The van der Waals surface area contributed by atoms with Crippen molar-refractivity contribution in [3.05, 3.63) is 53.3 Å². The molecule has 12 heteroatoms. The van der Waals surface area contributed by atoms with Gasteiger partial charge >= 0.3 is 6.18 Å². The Kier molecular flexibility index (Phi) is 4.71. The number of benzene rings is 1. The molecule has 0 unspecified atom stereocenters. The van der Waals surface area contributed by atoms with Crippen LogP contribution in [0, 0.1) is 6.92 Å². The van der Waals surface area contributed by atoms with Crippen LogP contribution >= 0.6 is 0 Å². The Morgan fingerprint density at radius 3 is 2.59 bits per heavy atom. The van der Waals surface area contributed by atoms with Gasteiger partial charge in [0.25, 0.3) is 5.91 Å². The van der Waals surface area contributed by atoms with Gasteiger partial charge in [-0.05, 0) is 36.8 Å². The molecule has 4 heterocycles. The molecule has 0 saturated carbocycles. The van der Waals surface area contributed by atoms with Crippen molar-refractivity contribution in [2.45, 2.75) is 19.5 Å². The van der Waals surface area contributed by atoms with E-state index in [0.29, 0.717) is 44.9 Å². The van der Waals surface area contributed by atoms with Gasteiger partial charge in [0.05, 0.1) is 34.7 Å². The number of carbonyl (C=O) groups excluding carboxylic acids is 2. The molecule has 2 amide bonds. The fourth-order valence-corrected chi connectivity index (χ4v) is 4.14. The molecule has 5 rings (SSSR count). The molecule has 0 aliphatic carbocycles. The Morgan fingerprint density at radius 1 is 1.15 bits per heavy atom. The predicted octanol–water partition coefficient (Wildman–Crippen LogP) is 3.22. The molecule has 0 bridgehead atoms. The number of pyridine rings is 2. The van der Waals surface area contributed by atoms with Crippen LogP contribution < -0.4 is 10.7 Å². The highest BCUT2D eigenvalue weighted by molar-refractivity contribution is 6.11. The molecule has 0 spiro atoms. The maximum atomic E-state index is 13.5. The first-order valence-corrected chi connectivity index (χ1v) is 10.3. The summed E-state index contributed by atoms with van der Waals surface area (Å²) < 4.78 is 40.4. The van der Waals surface area contributed by atoms with Crippen LogP contribution in [-0.4, -0.2) is 43.1 Å². The van der Waals surface area contributed by atoms with Crippen molar-refractivity contribution in [1.82, 2.24) is 24.8 Å². The molecule has 1 aliphatic rings. The van der Waals surface area contributed by atoms with E-state index in [2.05, 4.69) is 15.1 Å². The number of aromatic nitrogens is 4. The monoisotopic (exact) mass is 469 g/mol. The topological polar surface area (TPSA) is 110 Å². The van der Waals surface area contributed by atoms with Crippen molar-refractivity contribution in [2.75, 3.05) is 17.3 Å². The number of anilines is 2. The molecule has 1 fully saturated rings. The van der Waals surface area contributed by atoms with Crippen molar-refractivity contribution in [2.24, 2.45) is 7.05 Å². The summed E-state index contributed by atoms with van der Waals surface area (Å²) in [6, 6.07) is 5.30. The molecule has 174 valence electrons. The number of aryl methyl sites for hydroxylation is 2. The highest BCUT2D eigenvalue weighted by atomic mass is 19.4. The number of nitrogens with zero attached hydrogens (tertiary/aromatic N) is 6. The van der Waals surface area contributed by atoms with Gasteiger partial charge in [-0.2, -0.15) is 23.3 Å². The summed E-state index contributed by atoms with van der Waals surface area (Å²) in [6.07, 6.45) is -2.31. The van der Waals surface area contributed by atoms with Gasteiger partial charge in [0.15, 0.2) is 5.82 Å². The van der Waals surface area contributed by atoms with Gasteiger partial charge in [-0.25, -0.2) is 15.0 Å². The molecule has 9 nitrogen and oxygen atoms in total. The fourth-order valence-electron chi connectivity index (χ4n) is 4.14. The van der Waals surface area contributed by atoms with E-state index in [0.717, 1.165) is 17.1 Å². The highest BCUT2D eigenvalue weighted by Crippen LogP contribution is 2.33. The zero-order valence-electron chi connectivity index (χ0n) is 18.1. The number of rotatable bonds is 2. The largest absolute Gasteiger partial charge is 0.417 e. The number of amides is 2. The second-order valence-electron chi connectivity index (χ2n) is 8.00. The third-order valence-corrected chi connectivity index (χ3v) is 5.83. The van der Waals surface area contributed by atoms with Crippen LogP contribution in [0.1, 0.15) is 27.9 Å². The van der Waals surface area contributed by atoms with Crippen molar-refractivity contribution in [3.63, 3.8) is 0 Å². The molecule has 0 radical (unpaired) electrons. The van der Waals surface area contributed by atoms with Gasteiger partial charge in [-0.1, -0.05) is 0 Å². The Morgan fingerprint density at radius 2 is 1.91 bits per heavy atom. The van der Waals surface area contributed by atoms with Gasteiger partial charge in [-0.3, -0.25) is 14.3 Å². The average molecular weight is 469 g/mol. The van der Waals surface area contributed by atoms with Gasteiger partial charge < -0.3 is 5.73 Å². The van der Waals surface area contributed by atoms with E-state index in [1.165, 1.54) is 5.01 Å². The van der Waals surface area contributed by atoms with E-state index in [1.807, 2.05) is 0 Å². The van der Waals surface area contributed by atoms with Gasteiger partial charge in [0.1, 0.15) is 5.82 Å². The van der Waals surface area contributed by atoms with Crippen LogP contribution in [0.15, 0.2) is 36.7 Å². The standard InChI is InChI=1S/C22H18F3N7O2/c1-11-7-16-14(19-15(20(26)29-16)10-28-30(19)2)8-13(11)21(34)31-6-5-18(33)32(31)17-4-3-12(9-27-17)22(23,24)25/h3-4,7-10H,5-6H2,1-2H3,(H2,26,29). The highest BCUT2D eigenvalue weighted by Gasteiger charge is 2.37. The molecule has 3 aromatic heterocycles. The number of carbonyl (C=O) groups is 2. The van der Waals surface area contributed by atoms with Gasteiger partial charge in [-0.15, -0.1) is 0 Å². The third-order valence-electron chi connectivity index (χ3n) is 5.83. The molecule has 0 atom stereocenters. The first-order valence-electron chi connectivity index (χ1n) is 10.3. The van der Waals surface area contributed by atoms with Crippen molar-refractivity contribution in [1.29, 1.82) is 0 Å². The minimum absolute atomic E-state index is 0.0190. The van der Waals surface area contributed by atoms with Crippen molar-refractivity contribution >= 4 is 45.3 Å².